The van der Waals surface area contributed by atoms with Crippen LogP contribution in [0.15, 0.2) is 18.2 Å². The van der Waals surface area contributed by atoms with Gasteiger partial charge in [-0.3, -0.25) is 4.79 Å². The maximum atomic E-state index is 13.6. The minimum Gasteiger partial charge on any atom is -0.371 e. The number of ketones is 1. The molecule has 0 N–H and O–H groups in total. The normalized spacial score (nSPS) is 12.5. The van der Waals surface area contributed by atoms with E-state index < -0.39 is 11.9 Å². The summed E-state index contributed by atoms with van der Waals surface area (Å²) in [6, 6.07) is 4.66. The van der Waals surface area contributed by atoms with Crippen molar-refractivity contribution in [3.05, 3.63) is 34.6 Å². The highest BCUT2D eigenvalue weighted by Gasteiger charge is 2.18. The van der Waals surface area contributed by atoms with Gasteiger partial charge in [-0.25, -0.2) is 4.39 Å². The van der Waals surface area contributed by atoms with E-state index in [-0.39, 0.29) is 17.2 Å². The molecule has 1 unspecified atom stereocenters. The first-order chi connectivity index (χ1) is 8.10. The van der Waals surface area contributed by atoms with Crippen molar-refractivity contribution in [2.75, 3.05) is 6.61 Å². The zero-order valence-corrected chi connectivity index (χ0v) is 10.8. The van der Waals surface area contributed by atoms with Gasteiger partial charge in [0.2, 0.25) is 0 Å². The van der Waals surface area contributed by atoms with Gasteiger partial charge in [-0.15, -0.1) is 0 Å². The highest BCUT2D eigenvalue weighted by atomic mass is 35.5. The van der Waals surface area contributed by atoms with Crippen LogP contribution in [0.1, 0.15) is 25.8 Å². The summed E-state index contributed by atoms with van der Waals surface area (Å²) in [5.41, 5.74) is 0.320. The number of carbonyl (C=O) groups is 1. The molecule has 1 aromatic rings. The highest BCUT2D eigenvalue weighted by molar-refractivity contribution is 6.30. The first-order valence-electron chi connectivity index (χ1n) is 5.67. The zero-order valence-electron chi connectivity index (χ0n) is 10.0. The minimum atomic E-state index is -0.520. The van der Waals surface area contributed by atoms with Gasteiger partial charge in [0.25, 0.3) is 0 Å². The van der Waals surface area contributed by atoms with Gasteiger partial charge in [-0.05, 0) is 25.0 Å². The molecule has 0 aliphatic rings. The largest absolute Gasteiger partial charge is 0.371 e. The number of carbonyl (C=O) groups excluding carboxylic acids is 1. The number of benzene rings is 1. The summed E-state index contributed by atoms with van der Waals surface area (Å²) in [5.74, 6) is -0.635. The molecule has 1 rings (SSSR count). The smallest absolute Gasteiger partial charge is 0.165 e. The fraction of sp³-hybridized carbons (Fsp3) is 0.462. The van der Waals surface area contributed by atoms with Gasteiger partial charge in [0.05, 0.1) is 5.02 Å². The van der Waals surface area contributed by atoms with E-state index in [2.05, 4.69) is 0 Å². The predicted molar refractivity (Wildman–Crippen MR) is 65.8 cm³/mol. The van der Waals surface area contributed by atoms with E-state index in [9.17, 15) is 9.18 Å². The molecule has 0 bridgehead atoms. The topological polar surface area (TPSA) is 26.3 Å². The molecule has 0 saturated heterocycles. The summed E-state index contributed by atoms with van der Waals surface area (Å²) in [5, 5.41) is 0.0414. The van der Waals surface area contributed by atoms with E-state index in [4.69, 9.17) is 16.3 Å². The highest BCUT2D eigenvalue weighted by Crippen LogP contribution is 2.19. The summed E-state index contributed by atoms with van der Waals surface area (Å²) in [6.07, 6.45) is 0.151. The van der Waals surface area contributed by atoms with Crippen molar-refractivity contribution in [3.8, 4) is 0 Å². The van der Waals surface area contributed by atoms with Crippen molar-refractivity contribution in [1.29, 1.82) is 0 Å². The second-order valence-electron chi connectivity index (χ2n) is 3.71. The maximum Gasteiger partial charge on any atom is 0.165 e. The second kappa shape index (κ2) is 6.72. The summed E-state index contributed by atoms with van der Waals surface area (Å²) >= 11 is 5.65. The van der Waals surface area contributed by atoms with E-state index in [0.717, 1.165) is 0 Å². The standard InChI is InChI=1S/C13H16ClFO2/c1-3-12(17-4-2)11(16)8-9-6-5-7-10(14)13(9)15/h5-7,12H,3-4,8H2,1-2H3. The Balaban J connectivity index is 2.76. The lowest BCUT2D eigenvalue weighted by Crippen LogP contribution is -2.25. The Morgan fingerprint density at radius 2 is 2.18 bits per heavy atom. The van der Waals surface area contributed by atoms with Crippen LogP contribution in [0.25, 0.3) is 0 Å². The quantitative estimate of drug-likeness (QED) is 0.782. The van der Waals surface area contributed by atoms with Crippen molar-refractivity contribution in [2.24, 2.45) is 0 Å². The maximum absolute atomic E-state index is 13.6. The number of ether oxygens (including phenoxy) is 1. The molecule has 0 heterocycles. The molecule has 1 aromatic carbocycles. The van der Waals surface area contributed by atoms with Crippen molar-refractivity contribution in [3.63, 3.8) is 0 Å². The summed E-state index contributed by atoms with van der Waals surface area (Å²) < 4.78 is 18.9. The molecule has 0 aromatic heterocycles. The second-order valence-corrected chi connectivity index (χ2v) is 4.12. The molecular formula is C13H16ClFO2. The summed E-state index contributed by atoms with van der Waals surface area (Å²) in [6.45, 7) is 4.17. The van der Waals surface area contributed by atoms with E-state index >= 15 is 0 Å². The van der Waals surface area contributed by atoms with Crippen LogP contribution in [0.3, 0.4) is 0 Å². The van der Waals surface area contributed by atoms with Gasteiger partial charge in [-0.1, -0.05) is 30.7 Å². The number of halogens is 2. The van der Waals surface area contributed by atoms with E-state index in [0.29, 0.717) is 18.6 Å². The molecule has 0 aliphatic carbocycles. The van der Waals surface area contributed by atoms with Crippen molar-refractivity contribution >= 4 is 17.4 Å². The Kier molecular flexibility index (Phi) is 5.59. The number of hydrogen-bond acceptors (Lipinski definition) is 2. The lowest BCUT2D eigenvalue weighted by Gasteiger charge is -2.14. The molecule has 0 radical (unpaired) electrons. The third-order valence-electron chi connectivity index (χ3n) is 2.49. The van der Waals surface area contributed by atoms with Crippen LogP contribution in [-0.4, -0.2) is 18.5 Å². The van der Waals surface area contributed by atoms with Crippen LogP contribution in [0.5, 0.6) is 0 Å². The average Bonchev–Trinajstić information content (AvgIpc) is 2.31. The van der Waals surface area contributed by atoms with Crippen LogP contribution in [0.4, 0.5) is 4.39 Å². The predicted octanol–water partition coefficient (Wildman–Crippen LogP) is 3.41. The van der Waals surface area contributed by atoms with Crippen LogP contribution in [0, 0.1) is 5.82 Å². The molecule has 0 saturated carbocycles. The summed E-state index contributed by atoms with van der Waals surface area (Å²) in [4.78, 5) is 11.9. The van der Waals surface area contributed by atoms with Crippen molar-refractivity contribution in [1.82, 2.24) is 0 Å². The van der Waals surface area contributed by atoms with E-state index in [1.807, 2.05) is 13.8 Å². The molecule has 4 heteroatoms. The van der Waals surface area contributed by atoms with Crippen molar-refractivity contribution < 1.29 is 13.9 Å². The third kappa shape index (κ3) is 3.79. The van der Waals surface area contributed by atoms with Gasteiger partial charge in [0, 0.05) is 13.0 Å². The van der Waals surface area contributed by atoms with E-state index in [1.165, 1.54) is 6.07 Å². The molecule has 0 fully saturated rings. The summed E-state index contributed by atoms with van der Waals surface area (Å²) in [7, 11) is 0. The number of hydrogen-bond donors (Lipinski definition) is 0. The van der Waals surface area contributed by atoms with Crippen LogP contribution >= 0.6 is 11.6 Å². The fourth-order valence-electron chi connectivity index (χ4n) is 1.63. The Morgan fingerprint density at radius 3 is 2.76 bits per heavy atom. The molecule has 0 spiro atoms. The molecule has 2 nitrogen and oxygen atoms in total. The molecule has 0 amide bonds. The minimum absolute atomic E-state index is 0.0187. The van der Waals surface area contributed by atoms with Gasteiger partial charge in [-0.2, -0.15) is 0 Å². The molecule has 17 heavy (non-hydrogen) atoms. The van der Waals surface area contributed by atoms with Gasteiger partial charge in [0.15, 0.2) is 5.78 Å². The Morgan fingerprint density at radius 1 is 1.47 bits per heavy atom. The fourth-order valence-corrected chi connectivity index (χ4v) is 1.82. The molecule has 1 atom stereocenters. The van der Waals surface area contributed by atoms with Gasteiger partial charge in [0.1, 0.15) is 11.9 Å². The zero-order chi connectivity index (χ0) is 12.8. The first-order valence-corrected chi connectivity index (χ1v) is 6.05. The Hall–Kier alpha value is -0.930. The number of rotatable bonds is 6. The SMILES string of the molecule is CCOC(CC)C(=O)Cc1cccc(Cl)c1F. The third-order valence-corrected chi connectivity index (χ3v) is 2.79. The lowest BCUT2D eigenvalue weighted by molar-refractivity contribution is -0.129. The monoisotopic (exact) mass is 258 g/mol. The Labute approximate surface area is 106 Å². The van der Waals surface area contributed by atoms with Crippen LogP contribution in [-0.2, 0) is 16.0 Å². The first kappa shape index (κ1) is 14.1. The van der Waals surface area contributed by atoms with E-state index in [1.54, 1.807) is 12.1 Å². The molecule has 0 aliphatic heterocycles. The van der Waals surface area contributed by atoms with Crippen LogP contribution in [0.2, 0.25) is 5.02 Å². The van der Waals surface area contributed by atoms with Gasteiger partial charge >= 0.3 is 0 Å². The van der Waals surface area contributed by atoms with Crippen LogP contribution < -0.4 is 0 Å². The lowest BCUT2D eigenvalue weighted by atomic mass is 10.0. The molecule has 94 valence electrons. The van der Waals surface area contributed by atoms with Crippen molar-refractivity contribution in [2.45, 2.75) is 32.8 Å². The Bertz CT molecular complexity index is 393. The van der Waals surface area contributed by atoms with Gasteiger partial charge < -0.3 is 4.74 Å². The molecular weight excluding hydrogens is 243 g/mol. The average molecular weight is 259 g/mol. The number of Topliss-reactive ketones (excluding diaryl/α,β-unsaturated/α-hetero) is 1.